The van der Waals surface area contributed by atoms with Crippen LogP contribution in [0.3, 0.4) is 0 Å². The summed E-state index contributed by atoms with van der Waals surface area (Å²) in [4.78, 5) is 25.2. The van der Waals surface area contributed by atoms with Crippen molar-refractivity contribution in [2.75, 3.05) is 6.61 Å². The average Bonchev–Trinajstić information content (AvgIpc) is 3.27. The Kier molecular flexibility index (Phi) is 3.30. The lowest BCUT2D eigenvalue weighted by molar-refractivity contribution is -0.273. The van der Waals surface area contributed by atoms with Crippen LogP contribution in [0, 0.1) is 16.7 Å². The number of cyclic esters (lactones) is 2. The molecule has 2 aliphatic heterocycles. The van der Waals surface area contributed by atoms with Crippen molar-refractivity contribution >= 4 is 11.9 Å². The van der Waals surface area contributed by atoms with Crippen LogP contribution in [0.25, 0.3) is 0 Å². The third-order valence-electron chi connectivity index (χ3n) is 7.45. The van der Waals surface area contributed by atoms with Gasteiger partial charge in [-0.1, -0.05) is 13.0 Å². The van der Waals surface area contributed by atoms with Crippen molar-refractivity contribution in [3.63, 3.8) is 0 Å². The van der Waals surface area contributed by atoms with Gasteiger partial charge in [-0.15, -0.1) is 0 Å². The fourth-order valence-electron chi connectivity index (χ4n) is 6.13. The highest BCUT2D eigenvalue weighted by Crippen LogP contribution is 2.67. The SMILES string of the molecule is C[C@]12C[C@H](c3ccoc3)OC(=O)[C@]1(O)[C@H](O)C[C@@]13COC(=O)C1=CCC[C@@H]32. The van der Waals surface area contributed by atoms with Crippen molar-refractivity contribution < 1.29 is 33.7 Å². The molecule has 4 aliphatic rings. The van der Waals surface area contributed by atoms with E-state index in [4.69, 9.17) is 13.9 Å². The standard InChI is InChI=1S/C20H22O7/c1-18-7-13(11-5-6-25-9-11)27-17(23)20(18,24)15(21)8-19-10-26-16(22)12(19)3-2-4-14(18)19/h3,5-6,9,13-15,21,24H,2,4,7-8,10H2,1H3/t13-,14-,15-,18-,19-,20-/m1/s1. The van der Waals surface area contributed by atoms with Gasteiger partial charge in [0, 0.05) is 22.0 Å². The summed E-state index contributed by atoms with van der Waals surface area (Å²) in [5, 5.41) is 22.4. The van der Waals surface area contributed by atoms with E-state index in [0.29, 0.717) is 30.4 Å². The Hall–Kier alpha value is -2.12. The Balaban J connectivity index is 1.65. The van der Waals surface area contributed by atoms with Gasteiger partial charge in [0.05, 0.1) is 18.6 Å². The minimum atomic E-state index is -2.02. The first-order valence-electron chi connectivity index (χ1n) is 9.34. The van der Waals surface area contributed by atoms with Crippen molar-refractivity contribution in [2.45, 2.75) is 50.4 Å². The number of hydrogen-bond acceptors (Lipinski definition) is 7. The van der Waals surface area contributed by atoms with Crippen LogP contribution >= 0.6 is 0 Å². The van der Waals surface area contributed by atoms with Crippen molar-refractivity contribution in [3.8, 4) is 0 Å². The van der Waals surface area contributed by atoms with Crippen molar-refractivity contribution in [3.05, 3.63) is 35.8 Å². The minimum absolute atomic E-state index is 0.104. The molecule has 2 saturated heterocycles. The lowest BCUT2D eigenvalue weighted by atomic mass is 9.43. The monoisotopic (exact) mass is 374 g/mol. The van der Waals surface area contributed by atoms with Gasteiger partial charge < -0.3 is 24.1 Å². The zero-order valence-electron chi connectivity index (χ0n) is 15.0. The fourth-order valence-corrected chi connectivity index (χ4v) is 6.13. The third-order valence-corrected chi connectivity index (χ3v) is 7.45. The highest BCUT2D eigenvalue weighted by Gasteiger charge is 2.74. The topological polar surface area (TPSA) is 106 Å². The Morgan fingerprint density at radius 1 is 1.26 bits per heavy atom. The number of fused-ring (bicyclic) bond motifs is 2. The van der Waals surface area contributed by atoms with Crippen LogP contribution < -0.4 is 0 Å². The molecular formula is C20H22O7. The molecule has 0 radical (unpaired) electrons. The van der Waals surface area contributed by atoms with Crippen LogP contribution in [0.15, 0.2) is 34.7 Å². The van der Waals surface area contributed by atoms with Crippen LogP contribution in [-0.2, 0) is 19.1 Å². The molecule has 7 heteroatoms. The summed E-state index contributed by atoms with van der Waals surface area (Å²) in [6, 6.07) is 1.73. The second-order valence-corrected chi connectivity index (χ2v) is 8.54. The van der Waals surface area contributed by atoms with Crippen molar-refractivity contribution in [2.24, 2.45) is 16.7 Å². The molecule has 0 aromatic carbocycles. The number of esters is 2. The normalized spacial score (nSPS) is 45.9. The number of ether oxygens (including phenoxy) is 2. The molecule has 3 heterocycles. The molecular weight excluding hydrogens is 352 g/mol. The van der Waals surface area contributed by atoms with Gasteiger partial charge in [0.2, 0.25) is 0 Å². The van der Waals surface area contributed by atoms with Gasteiger partial charge in [0.1, 0.15) is 12.7 Å². The van der Waals surface area contributed by atoms with Crippen LogP contribution in [0.4, 0.5) is 0 Å². The number of furan rings is 1. The van der Waals surface area contributed by atoms with Crippen LogP contribution in [0.1, 0.15) is 44.3 Å². The molecule has 1 aromatic heterocycles. The van der Waals surface area contributed by atoms with E-state index in [1.54, 1.807) is 6.07 Å². The third kappa shape index (κ3) is 1.88. The molecule has 5 rings (SSSR count). The van der Waals surface area contributed by atoms with E-state index in [2.05, 4.69) is 0 Å². The van der Waals surface area contributed by atoms with E-state index in [1.165, 1.54) is 12.5 Å². The quantitative estimate of drug-likeness (QED) is 0.720. The Labute approximate surface area is 155 Å². The van der Waals surface area contributed by atoms with Gasteiger partial charge in [0.15, 0.2) is 5.60 Å². The highest BCUT2D eigenvalue weighted by atomic mass is 16.6. The number of carbonyl (C=O) groups is 2. The maximum absolute atomic E-state index is 12.9. The first-order chi connectivity index (χ1) is 12.8. The first kappa shape index (κ1) is 17.0. The van der Waals surface area contributed by atoms with Gasteiger partial charge in [0.25, 0.3) is 0 Å². The largest absolute Gasteiger partial charge is 0.472 e. The van der Waals surface area contributed by atoms with Crippen molar-refractivity contribution in [1.82, 2.24) is 0 Å². The summed E-state index contributed by atoms with van der Waals surface area (Å²) in [6.07, 6.45) is 4.82. The Morgan fingerprint density at radius 3 is 2.81 bits per heavy atom. The Bertz CT molecular complexity index is 843. The number of carbonyl (C=O) groups excluding carboxylic acids is 2. The van der Waals surface area contributed by atoms with E-state index in [0.717, 1.165) is 0 Å². The number of rotatable bonds is 1. The average molecular weight is 374 g/mol. The van der Waals surface area contributed by atoms with Gasteiger partial charge in [-0.25, -0.2) is 9.59 Å². The maximum atomic E-state index is 12.9. The van der Waals surface area contributed by atoms with Crippen LogP contribution in [0.2, 0.25) is 0 Å². The van der Waals surface area contributed by atoms with Gasteiger partial charge in [-0.3, -0.25) is 0 Å². The molecule has 2 aliphatic carbocycles. The highest BCUT2D eigenvalue weighted by molar-refractivity contribution is 5.93. The van der Waals surface area contributed by atoms with Crippen LogP contribution in [-0.4, -0.2) is 40.5 Å². The summed E-state index contributed by atoms with van der Waals surface area (Å²) in [6.45, 7) is 2.01. The second kappa shape index (κ2) is 5.23. The van der Waals surface area contributed by atoms with E-state index >= 15 is 0 Å². The van der Waals surface area contributed by atoms with Gasteiger partial charge in [-0.2, -0.15) is 0 Å². The molecule has 3 fully saturated rings. The molecule has 2 N–H and O–H groups in total. The summed E-state index contributed by atoms with van der Waals surface area (Å²) in [5.41, 5.74) is -2.37. The smallest absolute Gasteiger partial charge is 0.342 e. The molecule has 1 aromatic rings. The minimum Gasteiger partial charge on any atom is -0.472 e. The molecule has 0 amide bonds. The number of aliphatic hydroxyl groups is 2. The summed E-state index contributed by atoms with van der Waals surface area (Å²) in [7, 11) is 0. The Morgan fingerprint density at radius 2 is 2.07 bits per heavy atom. The van der Waals surface area contributed by atoms with E-state index < -0.39 is 34.6 Å². The van der Waals surface area contributed by atoms with E-state index in [-0.39, 0.29) is 24.9 Å². The lowest BCUT2D eigenvalue weighted by Gasteiger charge is -2.63. The summed E-state index contributed by atoms with van der Waals surface area (Å²) < 4.78 is 16.0. The van der Waals surface area contributed by atoms with E-state index in [1.807, 2.05) is 13.0 Å². The molecule has 1 saturated carbocycles. The zero-order chi connectivity index (χ0) is 19.0. The summed E-state index contributed by atoms with van der Waals surface area (Å²) >= 11 is 0. The summed E-state index contributed by atoms with van der Waals surface area (Å²) in [5.74, 6) is -1.36. The molecule has 6 atom stereocenters. The second-order valence-electron chi connectivity index (χ2n) is 8.54. The lowest BCUT2D eigenvalue weighted by Crippen LogP contribution is -2.73. The fraction of sp³-hybridized carbons (Fsp3) is 0.600. The molecule has 1 spiro atoms. The number of hydrogen-bond donors (Lipinski definition) is 2. The molecule has 0 unspecified atom stereocenters. The van der Waals surface area contributed by atoms with Crippen molar-refractivity contribution in [1.29, 1.82) is 0 Å². The van der Waals surface area contributed by atoms with Gasteiger partial charge in [-0.05, 0) is 37.7 Å². The molecule has 144 valence electrons. The van der Waals surface area contributed by atoms with Gasteiger partial charge >= 0.3 is 11.9 Å². The maximum Gasteiger partial charge on any atom is 0.342 e. The molecule has 27 heavy (non-hydrogen) atoms. The number of allylic oxidation sites excluding steroid dienone is 1. The first-order valence-corrected chi connectivity index (χ1v) is 9.34. The van der Waals surface area contributed by atoms with Crippen LogP contribution in [0.5, 0.6) is 0 Å². The predicted molar refractivity (Wildman–Crippen MR) is 90.0 cm³/mol. The predicted octanol–water partition coefficient (Wildman–Crippen LogP) is 1.65. The molecule has 0 bridgehead atoms. The zero-order valence-corrected chi connectivity index (χ0v) is 15.0. The number of aliphatic hydroxyl groups excluding tert-OH is 1. The van der Waals surface area contributed by atoms with E-state index in [9.17, 15) is 19.8 Å². The molecule has 7 nitrogen and oxygen atoms in total.